The van der Waals surface area contributed by atoms with E-state index in [1.807, 2.05) is 4.90 Å². The number of benzene rings is 1. The summed E-state index contributed by atoms with van der Waals surface area (Å²) >= 11 is 0. The Balaban J connectivity index is 2.26. The molecule has 25 heavy (non-hydrogen) atoms. The van der Waals surface area contributed by atoms with Crippen molar-refractivity contribution in [3.05, 3.63) is 38.4 Å². The van der Waals surface area contributed by atoms with E-state index in [0.29, 0.717) is 42.3 Å². The Morgan fingerprint density at radius 1 is 1.36 bits per heavy atom. The fourth-order valence-electron chi connectivity index (χ4n) is 2.71. The number of H-pyrrole nitrogens is 1. The van der Waals surface area contributed by atoms with Crippen molar-refractivity contribution in [2.75, 3.05) is 37.9 Å². The Hall–Kier alpha value is -2.16. The Morgan fingerprint density at radius 3 is 2.64 bits per heavy atom. The van der Waals surface area contributed by atoms with Crippen molar-refractivity contribution in [3.63, 3.8) is 0 Å². The van der Waals surface area contributed by atoms with Crippen LogP contribution in [-0.4, -0.2) is 47.6 Å². The van der Waals surface area contributed by atoms with Gasteiger partial charge in [0.2, 0.25) is 0 Å². The Bertz CT molecular complexity index is 959. The number of alkyl halides is 1. The van der Waals surface area contributed by atoms with Crippen molar-refractivity contribution in [1.82, 2.24) is 9.71 Å². The third-order valence-electron chi connectivity index (χ3n) is 3.77. The molecule has 1 aromatic carbocycles. The SMILES string of the molecule is CP(=O)(O)On1c(=O)c(=O)[nH]c2cc(CF)c(N3CCOCC3)cc21. The monoisotopic (exact) mass is 373 g/mol. The van der Waals surface area contributed by atoms with Gasteiger partial charge in [0.05, 0.1) is 25.4 Å². The Morgan fingerprint density at radius 2 is 2.04 bits per heavy atom. The van der Waals surface area contributed by atoms with Crippen LogP contribution in [0.4, 0.5) is 10.1 Å². The molecule has 0 aliphatic carbocycles. The smallest absolute Gasteiger partial charge is 0.378 e. The first-order chi connectivity index (χ1) is 11.8. The van der Waals surface area contributed by atoms with E-state index in [1.54, 1.807) is 0 Å². The molecular weight excluding hydrogens is 356 g/mol. The molecule has 1 aliphatic rings. The number of aromatic amines is 1. The lowest BCUT2D eigenvalue weighted by Crippen LogP contribution is -2.39. The molecule has 0 spiro atoms. The van der Waals surface area contributed by atoms with Crippen molar-refractivity contribution in [3.8, 4) is 0 Å². The lowest BCUT2D eigenvalue weighted by Gasteiger charge is -2.30. The second-order valence-electron chi connectivity index (χ2n) is 5.67. The van der Waals surface area contributed by atoms with E-state index in [-0.39, 0.29) is 11.0 Å². The average molecular weight is 373 g/mol. The minimum Gasteiger partial charge on any atom is -0.378 e. The summed E-state index contributed by atoms with van der Waals surface area (Å²) in [5, 5.41) is 0. The van der Waals surface area contributed by atoms with E-state index in [4.69, 9.17) is 9.36 Å². The molecule has 0 amide bonds. The third-order valence-corrected chi connectivity index (χ3v) is 4.24. The van der Waals surface area contributed by atoms with Crippen molar-refractivity contribution in [2.24, 2.45) is 0 Å². The largest absolute Gasteiger partial charge is 0.392 e. The second-order valence-corrected chi connectivity index (χ2v) is 7.44. The first-order valence-electron chi connectivity index (χ1n) is 7.51. The maximum Gasteiger partial charge on any atom is 0.392 e. The molecule has 136 valence electrons. The molecule has 1 atom stereocenters. The number of hydrogen-bond donors (Lipinski definition) is 2. The van der Waals surface area contributed by atoms with Gasteiger partial charge in [-0.25, -0.2) is 8.96 Å². The highest BCUT2D eigenvalue weighted by Crippen LogP contribution is 2.33. The summed E-state index contributed by atoms with van der Waals surface area (Å²) in [7, 11) is -4.10. The molecule has 1 fully saturated rings. The van der Waals surface area contributed by atoms with Gasteiger partial charge >= 0.3 is 18.7 Å². The number of aromatic nitrogens is 2. The summed E-state index contributed by atoms with van der Waals surface area (Å²) in [6.07, 6.45) is 0. The number of rotatable bonds is 4. The standard InChI is InChI=1S/C14H17FN3O6P/c1-25(21,22)24-18-12-7-11(17-2-4-23-5-3-17)9(8-15)6-10(12)16-13(19)14(18)20/h6-7H,2-5,8H2,1H3,(H,16,19)(H,21,22). The highest BCUT2D eigenvalue weighted by molar-refractivity contribution is 7.52. The van der Waals surface area contributed by atoms with Crippen molar-refractivity contribution < 1.29 is 23.2 Å². The van der Waals surface area contributed by atoms with Gasteiger partial charge in [0, 0.05) is 24.3 Å². The van der Waals surface area contributed by atoms with E-state index < -0.39 is 25.4 Å². The number of morpholine rings is 1. The zero-order valence-electron chi connectivity index (χ0n) is 13.4. The van der Waals surface area contributed by atoms with Gasteiger partial charge in [-0.05, 0) is 12.1 Å². The first-order valence-corrected chi connectivity index (χ1v) is 9.53. The lowest BCUT2D eigenvalue weighted by atomic mass is 10.1. The van der Waals surface area contributed by atoms with E-state index >= 15 is 0 Å². The van der Waals surface area contributed by atoms with Crippen LogP contribution in [0, 0.1) is 0 Å². The molecule has 3 rings (SSSR count). The van der Waals surface area contributed by atoms with Gasteiger partial charge in [-0.2, -0.15) is 0 Å². The van der Waals surface area contributed by atoms with Crippen LogP contribution in [0.2, 0.25) is 0 Å². The van der Waals surface area contributed by atoms with Crippen LogP contribution < -0.4 is 20.6 Å². The van der Waals surface area contributed by atoms with E-state index in [0.717, 1.165) is 6.66 Å². The van der Waals surface area contributed by atoms with Gasteiger partial charge in [0.1, 0.15) is 12.2 Å². The molecule has 9 nitrogen and oxygen atoms in total. The first kappa shape index (κ1) is 17.7. The summed E-state index contributed by atoms with van der Waals surface area (Å²) in [4.78, 5) is 37.5. The minimum atomic E-state index is -4.10. The van der Waals surface area contributed by atoms with E-state index in [1.165, 1.54) is 12.1 Å². The van der Waals surface area contributed by atoms with Crippen molar-refractivity contribution >= 4 is 24.3 Å². The molecule has 1 saturated heterocycles. The summed E-state index contributed by atoms with van der Waals surface area (Å²) in [6, 6.07) is 2.85. The molecular formula is C14H17FN3O6P. The topological polar surface area (TPSA) is 114 Å². The highest BCUT2D eigenvalue weighted by atomic mass is 31.2. The molecule has 0 radical (unpaired) electrons. The predicted molar refractivity (Wildman–Crippen MR) is 89.0 cm³/mol. The predicted octanol–water partition coefficient (Wildman–Crippen LogP) is 0.240. The fraction of sp³-hybridized carbons (Fsp3) is 0.429. The van der Waals surface area contributed by atoms with E-state index in [9.17, 15) is 23.4 Å². The number of halogens is 1. The van der Waals surface area contributed by atoms with Crippen LogP contribution in [0.5, 0.6) is 0 Å². The summed E-state index contributed by atoms with van der Waals surface area (Å²) < 4.78 is 35.6. The maximum atomic E-state index is 13.5. The number of nitrogens with zero attached hydrogens (tertiary/aromatic N) is 2. The quantitative estimate of drug-likeness (QED) is 0.583. The third kappa shape index (κ3) is 3.60. The van der Waals surface area contributed by atoms with Gasteiger partial charge < -0.3 is 24.1 Å². The van der Waals surface area contributed by atoms with Crippen LogP contribution in [-0.2, 0) is 16.0 Å². The highest BCUT2D eigenvalue weighted by Gasteiger charge is 2.21. The van der Waals surface area contributed by atoms with Gasteiger partial charge in [-0.3, -0.25) is 9.59 Å². The number of hydrogen-bond acceptors (Lipinski definition) is 6. The molecule has 2 N–H and O–H groups in total. The van der Waals surface area contributed by atoms with Crippen LogP contribution in [0.15, 0.2) is 21.7 Å². The second kappa shape index (κ2) is 6.62. The number of ether oxygens (including phenoxy) is 1. The zero-order chi connectivity index (χ0) is 18.2. The Kier molecular flexibility index (Phi) is 4.68. The van der Waals surface area contributed by atoms with Gasteiger partial charge in [-0.15, -0.1) is 4.73 Å². The minimum absolute atomic E-state index is 0.0689. The summed E-state index contributed by atoms with van der Waals surface area (Å²) in [5.74, 6) is 0. The number of fused-ring (bicyclic) bond motifs is 1. The maximum absolute atomic E-state index is 13.5. The molecule has 0 saturated carbocycles. The van der Waals surface area contributed by atoms with Gasteiger partial charge in [0.15, 0.2) is 0 Å². The van der Waals surface area contributed by atoms with Crippen LogP contribution in [0.25, 0.3) is 11.0 Å². The molecule has 2 aromatic rings. The van der Waals surface area contributed by atoms with E-state index in [2.05, 4.69) is 4.98 Å². The van der Waals surface area contributed by atoms with Crippen molar-refractivity contribution in [1.29, 1.82) is 0 Å². The zero-order valence-corrected chi connectivity index (χ0v) is 14.3. The molecule has 1 unspecified atom stereocenters. The van der Waals surface area contributed by atoms with Gasteiger partial charge in [-0.1, -0.05) is 0 Å². The molecule has 2 heterocycles. The summed E-state index contributed by atoms with van der Waals surface area (Å²) in [6.45, 7) is 2.11. The fourth-order valence-corrected chi connectivity index (χ4v) is 3.17. The number of nitrogens with one attached hydrogen (secondary N) is 1. The van der Waals surface area contributed by atoms with Crippen LogP contribution in [0.3, 0.4) is 0 Å². The lowest BCUT2D eigenvalue weighted by molar-refractivity contribution is 0.122. The number of anilines is 1. The van der Waals surface area contributed by atoms with Crippen LogP contribution >= 0.6 is 7.60 Å². The molecule has 11 heteroatoms. The van der Waals surface area contributed by atoms with Crippen molar-refractivity contribution in [2.45, 2.75) is 6.67 Å². The molecule has 1 aromatic heterocycles. The normalized spacial score (nSPS) is 17.5. The average Bonchev–Trinajstić information content (AvgIpc) is 2.57. The molecule has 0 bridgehead atoms. The van der Waals surface area contributed by atoms with Crippen LogP contribution in [0.1, 0.15) is 5.56 Å². The summed E-state index contributed by atoms with van der Waals surface area (Å²) in [5.41, 5.74) is -1.15. The van der Waals surface area contributed by atoms with Gasteiger partial charge in [0.25, 0.3) is 0 Å². The Labute approximate surface area is 141 Å². The molecule has 1 aliphatic heterocycles.